The zero-order valence-electron chi connectivity index (χ0n) is 15.3. The van der Waals surface area contributed by atoms with Crippen molar-refractivity contribution in [2.75, 3.05) is 20.2 Å². The molecule has 3 rings (SSSR count). The van der Waals surface area contributed by atoms with Crippen LogP contribution in [0.25, 0.3) is 5.57 Å². The number of esters is 1. The van der Waals surface area contributed by atoms with Gasteiger partial charge in [-0.15, -0.1) is 0 Å². The number of methoxy groups -OCH3 is 1. The standard InChI is InChI=1S/C21H23N3O3/c1-27-21(26)18(22)14-15-5-7-16(8-6-15)17-9-12-24(13-10-17)20(25)19-4-2-3-11-23-19/h2-9,11,18H,10,12-14,22H2,1H3. The average Bonchev–Trinajstić information content (AvgIpc) is 2.74. The van der Waals surface area contributed by atoms with E-state index in [2.05, 4.69) is 15.8 Å². The van der Waals surface area contributed by atoms with Crippen LogP contribution in [0.4, 0.5) is 0 Å². The summed E-state index contributed by atoms with van der Waals surface area (Å²) in [6, 6.07) is 12.7. The number of hydrogen-bond donors (Lipinski definition) is 1. The maximum Gasteiger partial charge on any atom is 0.322 e. The molecule has 1 amide bonds. The highest BCUT2D eigenvalue weighted by Crippen LogP contribution is 2.23. The number of carbonyl (C=O) groups excluding carboxylic acids is 2. The summed E-state index contributed by atoms with van der Waals surface area (Å²) in [5, 5.41) is 0. The maximum absolute atomic E-state index is 12.5. The van der Waals surface area contributed by atoms with Crippen molar-refractivity contribution >= 4 is 17.4 Å². The quantitative estimate of drug-likeness (QED) is 0.820. The second-order valence-electron chi connectivity index (χ2n) is 6.48. The lowest BCUT2D eigenvalue weighted by atomic mass is 9.97. The van der Waals surface area contributed by atoms with Gasteiger partial charge >= 0.3 is 5.97 Å². The van der Waals surface area contributed by atoms with E-state index in [1.165, 1.54) is 12.7 Å². The molecule has 1 aliphatic heterocycles. The fourth-order valence-electron chi connectivity index (χ4n) is 3.11. The van der Waals surface area contributed by atoms with Crippen molar-refractivity contribution in [3.05, 3.63) is 71.6 Å². The number of amides is 1. The van der Waals surface area contributed by atoms with Gasteiger partial charge in [0.1, 0.15) is 11.7 Å². The second-order valence-corrected chi connectivity index (χ2v) is 6.48. The molecule has 0 bridgehead atoms. The van der Waals surface area contributed by atoms with E-state index in [4.69, 9.17) is 5.73 Å². The van der Waals surface area contributed by atoms with Crippen molar-refractivity contribution in [2.45, 2.75) is 18.9 Å². The van der Waals surface area contributed by atoms with Crippen LogP contribution in [0.3, 0.4) is 0 Å². The van der Waals surface area contributed by atoms with E-state index >= 15 is 0 Å². The van der Waals surface area contributed by atoms with Gasteiger partial charge in [-0.3, -0.25) is 14.6 Å². The molecule has 6 nitrogen and oxygen atoms in total. The number of aromatic nitrogens is 1. The Morgan fingerprint density at radius 2 is 2.00 bits per heavy atom. The van der Waals surface area contributed by atoms with E-state index in [0.29, 0.717) is 25.2 Å². The van der Waals surface area contributed by atoms with Crippen molar-refractivity contribution in [3.63, 3.8) is 0 Å². The Morgan fingerprint density at radius 3 is 2.59 bits per heavy atom. The van der Waals surface area contributed by atoms with Crippen LogP contribution < -0.4 is 5.73 Å². The van der Waals surface area contributed by atoms with Crippen molar-refractivity contribution in [2.24, 2.45) is 5.73 Å². The van der Waals surface area contributed by atoms with E-state index in [0.717, 1.165) is 17.5 Å². The maximum atomic E-state index is 12.5. The van der Waals surface area contributed by atoms with E-state index in [1.807, 2.05) is 30.3 Å². The number of nitrogens with two attached hydrogens (primary N) is 1. The SMILES string of the molecule is COC(=O)C(N)Cc1ccc(C2=CCN(C(=O)c3ccccn3)CC2)cc1. The molecule has 0 spiro atoms. The highest BCUT2D eigenvalue weighted by molar-refractivity contribution is 5.92. The zero-order chi connectivity index (χ0) is 19.2. The number of benzene rings is 1. The fraction of sp³-hybridized carbons (Fsp3) is 0.286. The lowest BCUT2D eigenvalue weighted by molar-refractivity contribution is -0.142. The van der Waals surface area contributed by atoms with E-state index in [1.54, 1.807) is 23.2 Å². The Balaban J connectivity index is 1.62. The summed E-state index contributed by atoms with van der Waals surface area (Å²) in [5.74, 6) is -0.454. The Hall–Kier alpha value is -2.99. The molecule has 0 aliphatic carbocycles. The van der Waals surface area contributed by atoms with Crippen LogP contribution in [0.2, 0.25) is 0 Å². The molecule has 1 atom stereocenters. The zero-order valence-corrected chi connectivity index (χ0v) is 15.3. The highest BCUT2D eigenvalue weighted by atomic mass is 16.5. The third-order valence-corrected chi connectivity index (χ3v) is 4.66. The molecule has 0 radical (unpaired) electrons. The van der Waals surface area contributed by atoms with E-state index in [-0.39, 0.29) is 5.91 Å². The molecule has 27 heavy (non-hydrogen) atoms. The molecule has 0 saturated carbocycles. The minimum atomic E-state index is -0.652. The summed E-state index contributed by atoms with van der Waals surface area (Å²) in [5.41, 5.74) is 9.60. The molecule has 0 saturated heterocycles. The van der Waals surface area contributed by atoms with Crippen molar-refractivity contribution in [1.29, 1.82) is 0 Å². The summed E-state index contributed by atoms with van der Waals surface area (Å²) in [6.07, 6.45) is 4.95. The predicted octanol–water partition coefficient (Wildman–Crippen LogP) is 2.05. The molecule has 1 aromatic heterocycles. The summed E-state index contributed by atoms with van der Waals surface area (Å²) < 4.78 is 4.65. The molecular weight excluding hydrogens is 342 g/mol. The van der Waals surface area contributed by atoms with Crippen molar-refractivity contribution in [1.82, 2.24) is 9.88 Å². The average molecular weight is 365 g/mol. The Labute approximate surface area is 158 Å². The van der Waals surface area contributed by atoms with Crippen molar-refractivity contribution < 1.29 is 14.3 Å². The largest absolute Gasteiger partial charge is 0.468 e. The van der Waals surface area contributed by atoms with E-state index in [9.17, 15) is 9.59 Å². The van der Waals surface area contributed by atoms with Crippen LogP contribution in [0.15, 0.2) is 54.7 Å². The first kappa shape index (κ1) is 18.8. The third-order valence-electron chi connectivity index (χ3n) is 4.66. The predicted molar refractivity (Wildman–Crippen MR) is 103 cm³/mol. The Kier molecular flexibility index (Phi) is 5.98. The topological polar surface area (TPSA) is 85.5 Å². The molecule has 2 heterocycles. The summed E-state index contributed by atoms with van der Waals surface area (Å²) in [7, 11) is 1.34. The molecule has 6 heteroatoms. The first-order chi connectivity index (χ1) is 13.1. The fourth-order valence-corrected chi connectivity index (χ4v) is 3.11. The number of nitrogens with zero attached hydrogens (tertiary/aromatic N) is 2. The Bertz CT molecular complexity index is 832. The van der Waals surface area contributed by atoms with Gasteiger partial charge in [0.05, 0.1) is 7.11 Å². The normalized spacial score (nSPS) is 15.0. The molecule has 2 aromatic rings. The molecule has 140 valence electrons. The first-order valence-electron chi connectivity index (χ1n) is 8.90. The minimum absolute atomic E-state index is 0.0435. The van der Waals surface area contributed by atoms with E-state index < -0.39 is 12.0 Å². The van der Waals surface area contributed by atoms with Gasteiger partial charge in [-0.1, -0.05) is 36.4 Å². The number of ether oxygens (including phenoxy) is 1. The molecule has 1 aliphatic rings. The van der Waals surface area contributed by atoms with Crippen LogP contribution in [-0.4, -0.2) is 48.0 Å². The van der Waals surface area contributed by atoms with Gasteiger partial charge in [-0.2, -0.15) is 0 Å². The lowest BCUT2D eigenvalue weighted by Crippen LogP contribution is -2.35. The number of rotatable bonds is 5. The first-order valence-corrected chi connectivity index (χ1v) is 8.90. The number of hydrogen-bond acceptors (Lipinski definition) is 5. The monoisotopic (exact) mass is 365 g/mol. The summed E-state index contributed by atoms with van der Waals surface area (Å²) >= 11 is 0. The van der Waals surface area contributed by atoms with Crippen LogP contribution in [0.5, 0.6) is 0 Å². The van der Waals surface area contributed by atoms with Gasteiger partial charge in [-0.05, 0) is 41.7 Å². The van der Waals surface area contributed by atoms with Crippen LogP contribution in [-0.2, 0) is 16.0 Å². The number of carbonyl (C=O) groups is 2. The highest BCUT2D eigenvalue weighted by Gasteiger charge is 2.20. The van der Waals surface area contributed by atoms with Gasteiger partial charge in [0.25, 0.3) is 5.91 Å². The number of pyridine rings is 1. The van der Waals surface area contributed by atoms with Gasteiger partial charge in [0.2, 0.25) is 0 Å². The van der Waals surface area contributed by atoms with Crippen LogP contribution in [0, 0.1) is 0 Å². The molecular formula is C21H23N3O3. The summed E-state index contributed by atoms with van der Waals surface area (Å²) in [4.78, 5) is 29.8. The minimum Gasteiger partial charge on any atom is -0.468 e. The molecule has 0 fully saturated rings. The van der Waals surface area contributed by atoms with Gasteiger partial charge in [0, 0.05) is 19.3 Å². The van der Waals surface area contributed by atoms with Crippen LogP contribution >= 0.6 is 0 Å². The second kappa shape index (κ2) is 8.60. The molecule has 1 unspecified atom stereocenters. The Morgan fingerprint density at radius 1 is 1.22 bits per heavy atom. The van der Waals surface area contributed by atoms with Gasteiger partial charge in [-0.25, -0.2) is 0 Å². The lowest BCUT2D eigenvalue weighted by Gasteiger charge is -2.26. The molecule has 2 N–H and O–H groups in total. The van der Waals surface area contributed by atoms with Crippen LogP contribution in [0.1, 0.15) is 28.0 Å². The molecule has 1 aromatic carbocycles. The summed E-state index contributed by atoms with van der Waals surface area (Å²) in [6.45, 7) is 1.23. The van der Waals surface area contributed by atoms with Crippen molar-refractivity contribution in [3.8, 4) is 0 Å². The van der Waals surface area contributed by atoms with Gasteiger partial charge in [0.15, 0.2) is 0 Å². The van der Waals surface area contributed by atoms with Gasteiger partial charge < -0.3 is 15.4 Å². The third kappa shape index (κ3) is 4.60. The smallest absolute Gasteiger partial charge is 0.322 e.